The summed E-state index contributed by atoms with van der Waals surface area (Å²) in [7, 11) is -3.09. The van der Waals surface area contributed by atoms with Crippen molar-refractivity contribution >= 4 is 15.7 Å². The molecule has 1 fully saturated rings. The van der Waals surface area contributed by atoms with Crippen LogP contribution in [0.2, 0.25) is 0 Å². The van der Waals surface area contributed by atoms with Crippen LogP contribution in [0.5, 0.6) is 5.75 Å². The van der Waals surface area contributed by atoms with E-state index in [-0.39, 0.29) is 23.5 Å². The van der Waals surface area contributed by atoms with E-state index in [2.05, 4.69) is 19.1 Å². The number of ether oxygens (including phenoxy) is 1. The number of carbonyl (C=O) groups excluding carboxylic acids is 1. The zero-order valence-corrected chi connectivity index (χ0v) is 17.2. The Balaban J connectivity index is 1.88. The van der Waals surface area contributed by atoms with E-state index in [0.717, 1.165) is 12.0 Å². The minimum Gasteiger partial charge on any atom is -0.494 e. The highest BCUT2D eigenvalue weighted by molar-refractivity contribution is 7.91. The zero-order valence-electron chi connectivity index (χ0n) is 16.4. The summed E-state index contributed by atoms with van der Waals surface area (Å²) in [6, 6.07) is 14.9. The van der Waals surface area contributed by atoms with Crippen LogP contribution in [-0.2, 0) is 22.8 Å². The predicted molar refractivity (Wildman–Crippen MR) is 110 cm³/mol. The summed E-state index contributed by atoms with van der Waals surface area (Å²) in [5, 5.41) is 0. The topological polar surface area (TPSA) is 63.7 Å². The van der Waals surface area contributed by atoms with Gasteiger partial charge in [-0.25, -0.2) is 8.42 Å². The van der Waals surface area contributed by atoms with E-state index in [1.807, 2.05) is 25.1 Å². The van der Waals surface area contributed by atoms with Gasteiger partial charge in [0.1, 0.15) is 5.75 Å². The SMILES string of the molecule is CCOc1cccc(C(=O)N(Cc2ccc(CC)cc2)[C@H]2CCS(=O)(=O)C2)c1. The van der Waals surface area contributed by atoms with Crippen molar-refractivity contribution in [3.8, 4) is 5.75 Å². The number of amides is 1. The van der Waals surface area contributed by atoms with E-state index in [9.17, 15) is 13.2 Å². The summed E-state index contributed by atoms with van der Waals surface area (Å²) in [6.45, 7) is 4.90. The fourth-order valence-electron chi connectivity index (χ4n) is 3.52. The molecule has 5 nitrogen and oxygen atoms in total. The first-order valence-electron chi connectivity index (χ1n) is 9.74. The molecular weight excluding hydrogens is 374 g/mol. The molecule has 2 aromatic rings. The second-order valence-electron chi connectivity index (χ2n) is 7.12. The van der Waals surface area contributed by atoms with Crippen molar-refractivity contribution in [1.82, 2.24) is 4.90 Å². The molecule has 2 aromatic carbocycles. The summed E-state index contributed by atoms with van der Waals surface area (Å²) in [5.41, 5.74) is 2.74. The van der Waals surface area contributed by atoms with Crippen molar-refractivity contribution in [3.63, 3.8) is 0 Å². The highest BCUT2D eigenvalue weighted by atomic mass is 32.2. The summed E-state index contributed by atoms with van der Waals surface area (Å²) < 4.78 is 29.6. The highest BCUT2D eigenvalue weighted by Crippen LogP contribution is 2.24. The molecule has 1 aliphatic heterocycles. The highest BCUT2D eigenvalue weighted by Gasteiger charge is 2.35. The van der Waals surface area contributed by atoms with Crippen molar-refractivity contribution in [2.24, 2.45) is 0 Å². The number of nitrogens with zero attached hydrogens (tertiary/aromatic N) is 1. The van der Waals surface area contributed by atoms with E-state index in [0.29, 0.717) is 30.9 Å². The van der Waals surface area contributed by atoms with Gasteiger partial charge in [-0.3, -0.25) is 4.79 Å². The fraction of sp³-hybridized carbons (Fsp3) is 0.409. The Morgan fingerprint density at radius 1 is 1.11 bits per heavy atom. The third-order valence-corrected chi connectivity index (χ3v) is 6.84. The van der Waals surface area contributed by atoms with Crippen LogP contribution in [-0.4, -0.2) is 43.4 Å². The number of carbonyl (C=O) groups is 1. The molecule has 0 aromatic heterocycles. The molecule has 150 valence electrons. The quantitative estimate of drug-likeness (QED) is 0.713. The number of aryl methyl sites for hydroxylation is 1. The maximum absolute atomic E-state index is 13.3. The van der Waals surface area contributed by atoms with Crippen LogP contribution >= 0.6 is 0 Å². The Bertz CT molecular complexity index is 922. The van der Waals surface area contributed by atoms with Gasteiger partial charge >= 0.3 is 0 Å². The van der Waals surface area contributed by atoms with E-state index in [1.165, 1.54) is 5.56 Å². The molecule has 1 amide bonds. The summed E-state index contributed by atoms with van der Waals surface area (Å²) >= 11 is 0. The van der Waals surface area contributed by atoms with Gasteiger partial charge in [0.15, 0.2) is 9.84 Å². The first kappa shape index (κ1) is 20.4. The molecule has 1 aliphatic rings. The predicted octanol–water partition coefficient (Wildman–Crippen LogP) is 3.48. The van der Waals surface area contributed by atoms with Crippen LogP contribution in [0.25, 0.3) is 0 Å². The lowest BCUT2D eigenvalue weighted by atomic mass is 10.1. The van der Waals surface area contributed by atoms with Gasteiger partial charge in [0.2, 0.25) is 0 Å². The van der Waals surface area contributed by atoms with Crippen molar-refractivity contribution in [2.75, 3.05) is 18.1 Å². The van der Waals surface area contributed by atoms with E-state index in [4.69, 9.17) is 4.74 Å². The Morgan fingerprint density at radius 2 is 1.82 bits per heavy atom. The molecule has 0 unspecified atom stereocenters. The number of rotatable bonds is 7. The van der Waals surface area contributed by atoms with Crippen molar-refractivity contribution in [2.45, 2.75) is 39.3 Å². The molecular formula is C22H27NO4S. The zero-order chi connectivity index (χ0) is 20.1. The van der Waals surface area contributed by atoms with Crippen LogP contribution in [0.15, 0.2) is 48.5 Å². The Morgan fingerprint density at radius 3 is 2.43 bits per heavy atom. The molecule has 0 saturated carbocycles. The monoisotopic (exact) mass is 401 g/mol. The van der Waals surface area contributed by atoms with Crippen LogP contribution in [0, 0.1) is 0 Å². The molecule has 1 atom stereocenters. The second-order valence-corrected chi connectivity index (χ2v) is 9.35. The van der Waals surface area contributed by atoms with E-state index in [1.54, 1.807) is 23.1 Å². The fourth-order valence-corrected chi connectivity index (χ4v) is 5.25. The lowest BCUT2D eigenvalue weighted by molar-refractivity contribution is 0.0680. The van der Waals surface area contributed by atoms with Gasteiger partial charge in [-0.2, -0.15) is 0 Å². The Kier molecular flexibility index (Phi) is 6.39. The molecule has 3 rings (SSSR count). The van der Waals surface area contributed by atoms with Gasteiger partial charge in [0, 0.05) is 18.2 Å². The molecule has 1 saturated heterocycles. The van der Waals surface area contributed by atoms with Gasteiger partial charge in [-0.05, 0) is 49.1 Å². The van der Waals surface area contributed by atoms with Crippen LogP contribution < -0.4 is 4.74 Å². The van der Waals surface area contributed by atoms with Gasteiger partial charge in [-0.15, -0.1) is 0 Å². The average molecular weight is 402 g/mol. The third-order valence-electron chi connectivity index (χ3n) is 5.09. The van der Waals surface area contributed by atoms with Crippen molar-refractivity contribution in [1.29, 1.82) is 0 Å². The standard InChI is InChI=1S/C22H27NO4S/c1-3-17-8-10-18(11-9-17)15-23(20-12-13-28(25,26)16-20)22(24)19-6-5-7-21(14-19)27-4-2/h5-11,14,20H,3-4,12-13,15-16H2,1-2H3/t20-/m0/s1. The van der Waals surface area contributed by atoms with Crippen LogP contribution in [0.3, 0.4) is 0 Å². The molecule has 28 heavy (non-hydrogen) atoms. The number of hydrogen-bond donors (Lipinski definition) is 0. The van der Waals surface area contributed by atoms with Crippen LogP contribution in [0.1, 0.15) is 41.8 Å². The van der Waals surface area contributed by atoms with Gasteiger partial charge < -0.3 is 9.64 Å². The maximum Gasteiger partial charge on any atom is 0.254 e. The number of hydrogen-bond acceptors (Lipinski definition) is 4. The molecule has 0 spiro atoms. The smallest absolute Gasteiger partial charge is 0.254 e. The molecule has 0 aliphatic carbocycles. The summed E-state index contributed by atoms with van der Waals surface area (Å²) in [6.07, 6.45) is 1.43. The summed E-state index contributed by atoms with van der Waals surface area (Å²) in [4.78, 5) is 15.0. The minimum atomic E-state index is -3.09. The first-order chi connectivity index (χ1) is 13.4. The first-order valence-corrected chi connectivity index (χ1v) is 11.6. The largest absolute Gasteiger partial charge is 0.494 e. The minimum absolute atomic E-state index is 0.0247. The van der Waals surface area contributed by atoms with Crippen molar-refractivity contribution in [3.05, 3.63) is 65.2 Å². The Hall–Kier alpha value is -2.34. The lowest BCUT2D eigenvalue weighted by Crippen LogP contribution is -2.40. The molecule has 0 bridgehead atoms. The van der Waals surface area contributed by atoms with Crippen LogP contribution in [0.4, 0.5) is 0 Å². The van der Waals surface area contributed by atoms with E-state index >= 15 is 0 Å². The molecule has 0 radical (unpaired) electrons. The van der Waals surface area contributed by atoms with E-state index < -0.39 is 9.84 Å². The molecule has 6 heteroatoms. The molecule has 1 heterocycles. The number of benzene rings is 2. The second kappa shape index (κ2) is 8.78. The summed E-state index contributed by atoms with van der Waals surface area (Å²) in [5.74, 6) is 0.634. The average Bonchev–Trinajstić information content (AvgIpc) is 3.06. The van der Waals surface area contributed by atoms with Crippen molar-refractivity contribution < 1.29 is 17.9 Å². The third kappa shape index (κ3) is 4.93. The normalized spacial score (nSPS) is 18.0. The number of sulfone groups is 1. The van der Waals surface area contributed by atoms with Gasteiger partial charge in [0.05, 0.1) is 18.1 Å². The maximum atomic E-state index is 13.3. The van der Waals surface area contributed by atoms with Gasteiger partial charge in [-0.1, -0.05) is 37.3 Å². The lowest BCUT2D eigenvalue weighted by Gasteiger charge is -2.29. The van der Waals surface area contributed by atoms with Gasteiger partial charge in [0.25, 0.3) is 5.91 Å². The Labute approximate surface area is 167 Å². The molecule has 0 N–H and O–H groups in total.